The summed E-state index contributed by atoms with van der Waals surface area (Å²) in [5.74, 6) is 0.429. The van der Waals surface area contributed by atoms with Crippen molar-refractivity contribution in [2.75, 3.05) is 6.54 Å². The van der Waals surface area contributed by atoms with Gasteiger partial charge in [-0.2, -0.15) is 4.31 Å². The van der Waals surface area contributed by atoms with Gasteiger partial charge in [-0.05, 0) is 53.7 Å². The Bertz CT molecular complexity index is 530. The summed E-state index contributed by atoms with van der Waals surface area (Å²) in [6, 6.07) is 7.09. The van der Waals surface area contributed by atoms with Crippen molar-refractivity contribution in [3.63, 3.8) is 0 Å². The van der Waals surface area contributed by atoms with Gasteiger partial charge in [-0.25, -0.2) is 8.42 Å². The van der Waals surface area contributed by atoms with Crippen LogP contribution in [0.1, 0.15) is 26.7 Å². The summed E-state index contributed by atoms with van der Waals surface area (Å²) < 4.78 is 27.6. The highest BCUT2D eigenvalue weighted by Gasteiger charge is 2.34. The Morgan fingerprint density at radius 3 is 2.56 bits per heavy atom. The van der Waals surface area contributed by atoms with Gasteiger partial charge >= 0.3 is 0 Å². The van der Waals surface area contributed by atoms with E-state index in [9.17, 15) is 8.42 Å². The molecule has 0 amide bonds. The van der Waals surface area contributed by atoms with E-state index >= 15 is 0 Å². The molecule has 0 N–H and O–H groups in total. The molecule has 1 aromatic carbocycles. The van der Waals surface area contributed by atoms with Crippen LogP contribution in [0.15, 0.2) is 33.6 Å². The van der Waals surface area contributed by atoms with Crippen LogP contribution in [0.5, 0.6) is 0 Å². The van der Waals surface area contributed by atoms with Crippen molar-refractivity contribution in [2.24, 2.45) is 5.92 Å². The lowest BCUT2D eigenvalue weighted by atomic mass is 9.97. The van der Waals surface area contributed by atoms with Gasteiger partial charge in [0.1, 0.15) is 0 Å². The molecule has 0 bridgehead atoms. The topological polar surface area (TPSA) is 37.4 Å². The first kappa shape index (κ1) is 14.0. The van der Waals surface area contributed by atoms with Crippen molar-refractivity contribution < 1.29 is 8.42 Å². The number of hydrogen-bond acceptors (Lipinski definition) is 2. The van der Waals surface area contributed by atoms with Crippen LogP contribution < -0.4 is 0 Å². The molecule has 2 rings (SSSR count). The highest BCUT2D eigenvalue weighted by molar-refractivity contribution is 9.10. The second-order valence-electron chi connectivity index (χ2n) is 5.04. The average Bonchev–Trinajstić information content (AvgIpc) is 2.32. The number of nitrogens with zero attached hydrogens (tertiary/aromatic N) is 1. The van der Waals surface area contributed by atoms with E-state index < -0.39 is 10.0 Å². The van der Waals surface area contributed by atoms with Crippen LogP contribution in [0.25, 0.3) is 0 Å². The largest absolute Gasteiger partial charge is 0.244 e. The van der Waals surface area contributed by atoms with Crippen molar-refractivity contribution in [1.29, 1.82) is 0 Å². The fourth-order valence-corrected chi connectivity index (χ4v) is 5.11. The molecule has 1 fully saturated rings. The van der Waals surface area contributed by atoms with Gasteiger partial charge in [0.05, 0.1) is 4.90 Å². The molecule has 18 heavy (non-hydrogen) atoms. The zero-order valence-corrected chi connectivity index (χ0v) is 13.0. The van der Waals surface area contributed by atoms with E-state index in [4.69, 9.17) is 0 Å². The van der Waals surface area contributed by atoms with Crippen LogP contribution in [0.4, 0.5) is 0 Å². The van der Waals surface area contributed by atoms with Gasteiger partial charge in [0.25, 0.3) is 0 Å². The summed E-state index contributed by atoms with van der Waals surface area (Å²) in [4.78, 5) is 0.367. The predicted octanol–water partition coefficient (Wildman–Crippen LogP) is 3.26. The summed E-state index contributed by atoms with van der Waals surface area (Å²) in [6.07, 6.45) is 2.04. The van der Waals surface area contributed by atoms with E-state index in [-0.39, 0.29) is 6.04 Å². The molecule has 0 radical (unpaired) electrons. The Morgan fingerprint density at radius 1 is 1.22 bits per heavy atom. The average molecular weight is 332 g/mol. The van der Waals surface area contributed by atoms with E-state index in [1.165, 1.54) is 0 Å². The van der Waals surface area contributed by atoms with Gasteiger partial charge in [0.15, 0.2) is 0 Å². The third-order valence-corrected chi connectivity index (χ3v) is 6.48. The molecule has 1 heterocycles. The maximum absolute atomic E-state index is 12.7. The van der Waals surface area contributed by atoms with E-state index in [0.717, 1.165) is 12.8 Å². The fraction of sp³-hybridized carbons (Fsp3) is 0.538. The SMILES string of the molecule is CC1CCC(C)N(S(=O)(=O)c2ccccc2Br)C1. The van der Waals surface area contributed by atoms with Crippen molar-refractivity contribution in [1.82, 2.24) is 4.31 Å². The first-order valence-electron chi connectivity index (χ1n) is 6.19. The maximum atomic E-state index is 12.7. The standard InChI is InChI=1S/C13H18BrNO2S/c1-10-7-8-11(2)15(9-10)18(16,17)13-6-4-3-5-12(13)14/h3-6,10-11H,7-9H2,1-2H3. The zero-order valence-electron chi connectivity index (χ0n) is 10.6. The highest BCUT2D eigenvalue weighted by Crippen LogP contribution is 2.30. The van der Waals surface area contributed by atoms with Gasteiger partial charge < -0.3 is 0 Å². The molecule has 5 heteroatoms. The Hall–Kier alpha value is -0.390. The summed E-state index contributed by atoms with van der Waals surface area (Å²) in [5, 5.41) is 0. The van der Waals surface area contributed by atoms with E-state index in [0.29, 0.717) is 21.8 Å². The molecule has 2 unspecified atom stereocenters. The Balaban J connectivity index is 2.39. The summed E-state index contributed by atoms with van der Waals surface area (Å²) >= 11 is 3.33. The van der Waals surface area contributed by atoms with E-state index in [1.807, 2.05) is 13.0 Å². The summed E-state index contributed by atoms with van der Waals surface area (Å²) in [6.45, 7) is 4.71. The molecular weight excluding hydrogens is 314 g/mol. The van der Waals surface area contributed by atoms with Gasteiger partial charge in [-0.1, -0.05) is 19.1 Å². The normalized spacial score (nSPS) is 26.2. The predicted molar refractivity (Wildman–Crippen MR) is 75.9 cm³/mol. The number of hydrogen-bond donors (Lipinski definition) is 0. The smallest absolute Gasteiger partial charge is 0.207 e. The molecule has 1 saturated heterocycles. The third kappa shape index (κ3) is 2.63. The fourth-order valence-electron chi connectivity index (χ4n) is 2.36. The molecule has 100 valence electrons. The molecule has 0 aromatic heterocycles. The summed E-state index contributed by atoms with van der Waals surface area (Å²) in [5.41, 5.74) is 0. The van der Waals surface area contributed by atoms with Crippen LogP contribution >= 0.6 is 15.9 Å². The van der Waals surface area contributed by atoms with Crippen LogP contribution in [-0.4, -0.2) is 25.3 Å². The number of benzene rings is 1. The number of sulfonamides is 1. The monoisotopic (exact) mass is 331 g/mol. The molecule has 0 aliphatic carbocycles. The maximum Gasteiger partial charge on any atom is 0.244 e. The molecule has 1 aliphatic heterocycles. The first-order chi connectivity index (χ1) is 8.43. The second kappa shape index (κ2) is 5.31. The van der Waals surface area contributed by atoms with Crippen molar-refractivity contribution >= 4 is 26.0 Å². The lowest BCUT2D eigenvalue weighted by Gasteiger charge is -2.35. The second-order valence-corrected chi connectivity index (χ2v) is 7.75. The molecule has 1 aromatic rings. The lowest BCUT2D eigenvalue weighted by molar-refractivity contribution is 0.218. The van der Waals surface area contributed by atoms with Crippen molar-refractivity contribution in [3.8, 4) is 0 Å². The summed E-state index contributed by atoms with van der Waals surface area (Å²) in [7, 11) is -3.39. The van der Waals surface area contributed by atoms with Gasteiger partial charge in [0.2, 0.25) is 10.0 Å². The first-order valence-corrected chi connectivity index (χ1v) is 8.42. The molecule has 3 nitrogen and oxygen atoms in total. The lowest BCUT2D eigenvalue weighted by Crippen LogP contribution is -2.44. The van der Waals surface area contributed by atoms with Crippen LogP contribution in [-0.2, 0) is 10.0 Å². The number of halogens is 1. The van der Waals surface area contributed by atoms with Crippen molar-refractivity contribution in [3.05, 3.63) is 28.7 Å². The third-order valence-electron chi connectivity index (χ3n) is 3.48. The molecule has 1 aliphatic rings. The van der Waals surface area contributed by atoms with E-state index in [2.05, 4.69) is 22.9 Å². The zero-order chi connectivity index (χ0) is 13.3. The minimum absolute atomic E-state index is 0.0818. The molecule has 0 spiro atoms. The quantitative estimate of drug-likeness (QED) is 0.834. The minimum atomic E-state index is -3.39. The Labute approximate surface area is 117 Å². The highest BCUT2D eigenvalue weighted by atomic mass is 79.9. The number of piperidine rings is 1. The molecule has 2 atom stereocenters. The Morgan fingerprint density at radius 2 is 1.89 bits per heavy atom. The van der Waals surface area contributed by atoms with Crippen molar-refractivity contribution in [2.45, 2.75) is 37.6 Å². The van der Waals surface area contributed by atoms with Gasteiger partial charge in [0, 0.05) is 17.1 Å². The molecular formula is C13H18BrNO2S. The Kier molecular flexibility index (Phi) is 4.14. The van der Waals surface area contributed by atoms with Crippen LogP contribution in [0.3, 0.4) is 0 Å². The van der Waals surface area contributed by atoms with Crippen LogP contribution in [0, 0.1) is 5.92 Å². The molecule has 0 saturated carbocycles. The minimum Gasteiger partial charge on any atom is -0.207 e. The van der Waals surface area contributed by atoms with Gasteiger partial charge in [-0.15, -0.1) is 0 Å². The van der Waals surface area contributed by atoms with E-state index in [1.54, 1.807) is 22.5 Å². The van der Waals surface area contributed by atoms with Gasteiger partial charge in [-0.3, -0.25) is 0 Å². The number of rotatable bonds is 2. The van der Waals surface area contributed by atoms with Crippen LogP contribution in [0.2, 0.25) is 0 Å².